The minimum atomic E-state index is -0.766. The van der Waals surface area contributed by atoms with Gasteiger partial charge in [0.25, 0.3) is 5.91 Å². The van der Waals surface area contributed by atoms with Gasteiger partial charge in [-0.25, -0.2) is 0 Å². The van der Waals surface area contributed by atoms with E-state index in [1.807, 2.05) is 31.1 Å². The van der Waals surface area contributed by atoms with Gasteiger partial charge in [0, 0.05) is 17.7 Å². The third kappa shape index (κ3) is 2.65. The fraction of sp³-hybridized carbons (Fsp3) is 0.500. The Hall–Kier alpha value is -1.90. The molecule has 21 heavy (non-hydrogen) atoms. The van der Waals surface area contributed by atoms with Crippen molar-refractivity contribution in [3.8, 4) is 6.07 Å². The lowest BCUT2D eigenvalue weighted by atomic mass is 10.00. The molecule has 0 aliphatic carbocycles. The molecular weight excluding hydrogens is 266 g/mol. The molecule has 0 radical (unpaired) electrons. The molecule has 0 aromatic heterocycles. The Morgan fingerprint density at radius 2 is 2.10 bits per heavy atom. The van der Waals surface area contributed by atoms with Crippen LogP contribution in [0.4, 0.5) is 0 Å². The molecule has 112 valence electrons. The van der Waals surface area contributed by atoms with Crippen LogP contribution in [0, 0.1) is 11.3 Å². The highest BCUT2D eigenvalue weighted by molar-refractivity contribution is 6.00. The van der Waals surface area contributed by atoms with Crippen molar-refractivity contribution in [1.82, 2.24) is 9.80 Å². The summed E-state index contributed by atoms with van der Waals surface area (Å²) in [7, 11) is 3.95. The van der Waals surface area contributed by atoms with Gasteiger partial charge in [-0.05, 0) is 39.6 Å². The van der Waals surface area contributed by atoms with Crippen LogP contribution in [0.2, 0.25) is 0 Å². The van der Waals surface area contributed by atoms with Crippen LogP contribution in [0.25, 0.3) is 0 Å². The molecule has 0 bridgehead atoms. The number of carbonyl (C=O) groups excluding carboxylic acids is 1. The fourth-order valence-corrected chi connectivity index (χ4v) is 2.71. The quantitative estimate of drug-likeness (QED) is 0.912. The number of benzene rings is 1. The van der Waals surface area contributed by atoms with Crippen molar-refractivity contribution in [2.45, 2.75) is 32.0 Å². The zero-order valence-electron chi connectivity index (χ0n) is 12.9. The molecular formula is C16H21N3O2. The molecule has 1 aliphatic heterocycles. The number of hydrogen-bond acceptors (Lipinski definition) is 4. The summed E-state index contributed by atoms with van der Waals surface area (Å²) in [4.78, 5) is 16.1. The third-order valence-electron chi connectivity index (χ3n) is 3.78. The average molecular weight is 287 g/mol. The van der Waals surface area contributed by atoms with Crippen molar-refractivity contribution in [3.05, 3.63) is 34.9 Å². The van der Waals surface area contributed by atoms with Gasteiger partial charge in [0.15, 0.2) is 0 Å². The van der Waals surface area contributed by atoms with Gasteiger partial charge < -0.3 is 14.9 Å². The van der Waals surface area contributed by atoms with Crippen molar-refractivity contribution in [3.63, 3.8) is 0 Å². The van der Waals surface area contributed by atoms with Crippen molar-refractivity contribution >= 4 is 5.91 Å². The van der Waals surface area contributed by atoms with Gasteiger partial charge in [0.05, 0.1) is 18.2 Å². The molecule has 0 saturated heterocycles. The Morgan fingerprint density at radius 3 is 2.62 bits per heavy atom. The van der Waals surface area contributed by atoms with Gasteiger partial charge in [-0.3, -0.25) is 4.79 Å². The molecule has 1 N–H and O–H groups in total. The van der Waals surface area contributed by atoms with Crippen LogP contribution in [0.3, 0.4) is 0 Å². The van der Waals surface area contributed by atoms with Gasteiger partial charge in [-0.1, -0.05) is 12.1 Å². The summed E-state index contributed by atoms with van der Waals surface area (Å²) in [5.41, 5.74) is 1.60. The molecule has 1 atom stereocenters. The first-order valence-electron chi connectivity index (χ1n) is 6.93. The Labute approximate surface area is 125 Å². The molecule has 5 nitrogen and oxygen atoms in total. The zero-order chi connectivity index (χ0) is 15.8. The average Bonchev–Trinajstić information content (AvgIpc) is 2.71. The largest absolute Gasteiger partial charge is 0.394 e. The molecule has 1 aromatic rings. The number of nitrogens with zero attached hydrogens (tertiary/aromatic N) is 3. The van der Waals surface area contributed by atoms with Crippen LogP contribution in [-0.2, 0) is 6.54 Å². The van der Waals surface area contributed by atoms with E-state index < -0.39 is 11.6 Å². The van der Waals surface area contributed by atoms with Crippen molar-refractivity contribution in [2.24, 2.45) is 0 Å². The first-order chi connectivity index (χ1) is 9.81. The van der Waals surface area contributed by atoms with E-state index in [1.165, 1.54) is 4.90 Å². The molecule has 2 rings (SSSR count). The fourth-order valence-electron chi connectivity index (χ4n) is 2.71. The van der Waals surface area contributed by atoms with E-state index in [0.29, 0.717) is 5.56 Å². The highest BCUT2D eigenvalue weighted by atomic mass is 16.3. The summed E-state index contributed by atoms with van der Waals surface area (Å²) < 4.78 is 0. The van der Waals surface area contributed by atoms with Gasteiger partial charge >= 0.3 is 0 Å². The van der Waals surface area contributed by atoms with Gasteiger partial charge in [0.1, 0.15) is 6.04 Å². The smallest absolute Gasteiger partial charge is 0.256 e. The number of rotatable bonds is 4. The Morgan fingerprint density at radius 1 is 1.43 bits per heavy atom. The number of aliphatic hydroxyl groups is 1. The normalized spacial score (nSPS) is 18.0. The summed E-state index contributed by atoms with van der Waals surface area (Å²) in [6.45, 7) is 4.10. The van der Waals surface area contributed by atoms with E-state index in [0.717, 1.165) is 17.7 Å². The maximum atomic E-state index is 12.6. The lowest BCUT2D eigenvalue weighted by Gasteiger charge is -2.36. The van der Waals surface area contributed by atoms with Crippen molar-refractivity contribution in [2.75, 3.05) is 20.7 Å². The predicted molar refractivity (Wildman–Crippen MR) is 79.5 cm³/mol. The van der Waals surface area contributed by atoms with E-state index in [2.05, 4.69) is 6.07 Å². The van der Waals surface area contributed by atoms with E-state index in [9.17, 15) is 15.2 Å². The predicted octanol–water partition coefficient (Wildman–Crippen LogP) is 1.54. The molecule has 5 heteroatoms. The second-order valence-electron chi connectivity index (χ2n) is 6.34. The van der Waals surface area contributed by atoms with E-state index in [4.69, 9.17) is 0 Å². The summed E-state index contributed by atoms with van der Waals surface area (Å²) >= 11 is 0. The van der Waals surface area contributed by atoms with Crippen LogP contribution >= 0.6 is 0 Å². The van der Waals surface area contributed by atoms with Crippen molar-refractivity contribution in [1.29, 1.82) is 5.26 Å². The molecule has 0 spiro atoms. The monoisotopic (exact) mass is 287 g/mol. The van der Waals surface area contributed by atoms with Crippen LogP contribution in [-0.4, -0.2) is 47.1 Å². The molecule has 1 aliphatic rings. The minimum absolute atomic E-state index is 0.185. The molecule has 0 saturated carbocycles. The van der Waals surface area contributed by atoms with Gasteiger partial charge in [-0.15, -0.1) is 0 Å². The minimum Gasteiger partial charge on any atom is -0.394 e. The number of fused-ring (bicyclic) bond motifs is 1. The van der Waals surface area contributed by atoms with E-state index in [1.54, 1.807) is 19.9 Å². The lowest BCUT2D eigenvalue weighted by Crippen LogP contribution is -2.48. The summed E-state index contributed by atoms with van der Waals surface area (Å²) in [5, 5.41) is 19.0. The lowest BCUT2D eigenvalue weighted by molar-refractivity contribution is 0.0337. The zero-order valence-corrected chi connectivity index (χ0v) is 12.9. The maximum Gasteiger partial charge on any atom is 0.256 e. The first-order valence-corrected chi connectivity index (χ1v) is 6.93. The van der Waals surface area contributed by atoms with E-state index >= 15 is 0 Å². The number of amides is 1. The van der Waals surface area contributed by atoms with Crippen LogP contribution in [0.15, 0.2) is 18.2 Å². The molecule has 1 amide bonds. The van der Waals surface area contributed by atoms with Crippen LogP contribution < -0.4 is 0 Å². The standard InChI is InChI=1S/C16H21N3O2/c1-16(2,10-20)19-14(8-17)13-7-11(9-18(3)4)5-6-12(13)15(19)21/h5-7,14,20H,9-10H2,1-4H3. The highest BCUT2D eigenvalue weighted by Gasteiger charge is 2.44. The summed E-state index contributed by atoms with van der Waals surface area (Å²) in [6.07, 6.45) is 0. The van der Waals surface area contributed by atoms with Gasteiger partial charge in [0.2, 0.25) is 0 Å². The molecule has 1 aromatic carbocycles. The molecule has 0 fully saturated rings. The highest BCUT2D eigenvalue weighted by Crippen LogP contribution is 2.38. The number of carbonyl (C=O) groups is 1. The van der Waals surface area contributed by atoms with Gasteiger partial charge in [-0.2, -0.15) is 5.26 Å². The topological polar surface area (TPSA) is 67.6 Å². The SMILES string of the molecule is CN(C)Cc1ccc2c(c1)C(C#N)N(C(C)(C)CO)C2=O. The number of hydrogen-bond donors (Lipinski definition) is 1. The Kier molecular flexibility index (Phi) is 4.04. The van der Waals surface area contributed by atoms with Crippen molar-refractivity contribution < 1.29 is 9.90 Å². The second-order valence-corrected chi connectivity index (χ2v) is 6.34. The number of aliphatic hydroxyl groups excluding tert-OH is 1. The maximum absolute atomic E-state index is 12.6. The van der Waals surface area contributed by atoms with Crippen LogP contribution in [0.1, 0.15) is 41.4 Å². The summed E-state index contributed by atoms with van der Waals surface area (Å²) in [6, 6.07) is 7.19. The number of nitriles is 1. The first kappa shape index (κ1) is 15.5. The molecule has 1 unspecified atom stereocenters. The van der Waals surface area contributed by atoms with Crippen LogP contribution in [0.5, 0.6) is 0 Å². The Bertz CT molecular complexity index is 602. The molecule has 1 heterocycles. The second kappa shape index (κ2) is 5.47. The third-order valence-corrected chi connectivity index (χ3v) is 3.78. The Balaban J connectivity index is 2.47. The van der Waals surface area contributed by atoms with E-state index in [-0.39, 0.29) is 12.5 Å². The summed E-state index contributed by atoms with van der Waals surface area (Å²) in [5.74, 6) is -0.188.